The van der Waals surface area contributed by atoms with Gasteiger partial charge in [0.15, 0.2) is 6.10 Å². The number of benzene rings is 3. The molecule has 3 aromatic rings. The van der Waals surface area contributed by atoms with Crippen molar-refractivity contribution in [2.75, 3.05) is 16.8 Å². The minimum Gasteiger partial charge on any atom is -0.452 e. The summed E-state index contributed by atoms with van der Waals surface area (Å²) in [7, 11) is 0. The molecule has 0 unspecified atom stereocenters. The van der Waals surface area contributed by atoms with Crippen LogP contribution in [0.1, 0.15) is 12.5 Å². The number of para-hydroxylation sites is 2. The SMILES string of the molecule is C[C@H](OC(=O)Cc1ccc2ccccc2c1)C(=O)N1CC(=O)Nc2ccccc21. The van der Waals surface area contributed by atoms with E-state index < -0.39 is 18.0 Å². The molecule has 6 heteroatoms. The third-order valence-corrected chi connectivity index (χ3v) is 4.86. The van der Waals surface area contributed by atoms with Crippen LogP contribution in [0.3, 0.4) is 0 Å². The van der Waals surface area contributed by atoms with Crippen molar-refractivity contribution >= 4 is 39.9 Å². The van der Waals surface area contributed by atoms with Crippen molar-refractivity contribution in [2.45, 2.75) is 19.4 Å². The van der Waals surface area contributed by atoms with Crippen molar-refractivity contribution in [3.63, 3.8) is 0 Å². The molecule has 2 amide bonds. The van der Waals surface area contributed by atoms with Gasteiger partial charge in [0.2, 0.25) is 5.91 Å². The number of nitrogens with zero attached hydrogens (tertiary/aromatic N) is 1. The second-order valence-electron chi connectivity index (χ2n) is 6.98. The molecule has 1 aliphatic heterocycles. The van der Waals surface area contributed by atoms with Crippen LogP contribution in [0.2, 0.25) is 0 Å². The summed E-state index contributed by atoms with van der Waals surface area (Å²) in [6, 6.07) is 20.7. The lowest BCUT2D eigenvalue weighted by atomic mass is 10.1. The maximum Gasteiger partial charge on any atom is 0.311 e. The highest BCUT2D eigenvalue weighted by Crippen LogP contribution is 2.29. The fraction of sp³-hybridized carbons (Fsp3) is 0.174. The Balaban J connectivity index is 1.44. The van der Waals surface area contributed by atoms with Crippen LogP contribution in [-0.4, -0.2) is 30.4 Å². The van der Waals surface area contributed by atoms with E-state index in [4.69, 9.17) is 4.74 Å². The van der Waals surface area contributed by atoms with Gasteiger partial charge < -0.3 is 10.1 Å². The summed E-state index contributed by atoms with van der Waals surface area (Å²) in [5.41, 5.74) is 1.97. The zero-order chi connectivity index (χ0) is 20.4. The molecule has 0 saturated heterocycles. The molecule has 3 aromatic carbocycles. The van der Waals surface area contributed by atoms with Crippen molar-refractivity contribution < 1.29 is 19.1 Å². The monoisotopic (exact) mass is 388 g/mol. The summed E-state index contributed by atoms with van der Waals surface area (Å²) < 4.78 is 5.37. The Morgan fingerprint density at radius 2 is 1.76 bits per heavy atom. The van der Waals surface area contributed by atoms with Crippen molar-refractivity contribution in [2.24, 2.45) is 0 Å². The van der Waals surface area contributed by atoms with Crippen LogP contribution >= 0.6 is 0 Å². The topological polar surface area (TPSA) is 75.7 Å². The van der Waals surface area contributed by atoms with Crippen LogP contribution in [0, 0.1) is 0 Å². The van der Waals surface area contributed by atoms with Crippen LogP contribution in [0.25, 0.3) is 10.8 Å². The number of fused-ring (bicyclic) bond motifs is 2. The lowest BCUT2D eigenvalue weighted by Crippen LogP contribution is -2.47. The zero-order valence-corrected chi connectivity index (χ0v) is 15.9. The molecule has 1 atom stereocenters. The third kappa shape index (κ3) is 3.96. The first-order chi connectivity index (χ1) is 14.0. The van der Waals surface area contributed by atoms with Gasteiger partial charge in [-0.1, -0.05) is 54.6 Å². The molecule has 6 nitrogen and oxygen atoms in total. The normalized spacial score (nSPS) is 14.1. The first-order valence-corrected chi connectivity index (χ1v) is 9.39. The number of ether oxygens (including phenoxy) is 1. The molecule has 146 valence electrons. The van der Waals surface area contributed by atoms with E-state index in [0.717, 1.165) is 16.3 Å². The number of amides is 2. The van der Waals surface area contributed by atoms with Gasteiger partial charge in [-0.05, 0) is 35.4 Å². The average Bonchev–Trinajstić information content (AvgIpc) is 2.72. The summed E-state index contributed by atoms with van der Waals surface area (Å²) in [6.07, 6.45) is -0.929. The number of nitrogens with one attached hydrogen (secondary N) is 1. The van der Waals surface area contributed by atoms with Gasteiger partial charge >= 0.3 is 5.97 Å². The van der Waals surface area contributed by atoms with E-state index in [1.54, 1.807) is 24.3 Å². The fourth-order valence-corrected chi connectivity index (χ4v) is 3.45. The minimum absolute atomic E-state index is 0.0690. The summed E-state index contributed by atoms with van der Waals surface area (Å²) in [4.78, 5) is 38.5. The van der Waals surface area contributed by atoms with E-state index >= 15 is 0 Å². The maximum absolute atomic E-state index is 12.8. The van der Waals surface area contributed by atoms with Gasteiger partial charge in [0.05, 0.1) is 17.8 Å². The molecule has 0 spiro atoms. The smallest absolute Gasteiger partial charge is 0.311 e. The van der Waals surface area contributed by atoms with Crippen LogP contribution in [0.4, 0.5) is 11.4 Å². The van der Waals surface area contributed by atoms with Gasteiger partial charge in [-0.25, -0.2) is 0 Å². The zero-order valence-electron chi connectivity index (χ0n) is 15.9. The standard InChI is InChI=1S/C23H20N2O4/c1-15(23(28)25-14-21(26)24-19-8-4-5-9-20(19)25)29-22(27)13-16-10-11-17-6-2-3-7-18(17)12-16/h2-12,15H,13-14H2,1H3,(H,24,26)/t15-/m0/s1. The number of hydrogen-bond acceptors (Lipinski definition) is 4. The van der Waals surface area contributed by atoms with Gasteiger partial charge in [-0.2, -0.15) is 0 Å². The van der Waals surface area contributed by atoms with Crippen LogP contribution < -0.4 is 10.2 Å². The molecule has 1 N–H and O–H groups in total. The number of rotatable bonds is 4. The summed E-state index contributed by atoms with van der Waals surface area (Å²) in [5, 5.41) is 4.86. The molecule has 4 rings (SSSR count). The van der Waals surface area contributed by atoms with Crippen LogP contribution in [0.5, 0.6) is 0 Å². The molecule has 0 aliphatic carbocycles. The third-order valence-electron chi connectivity index (χ3n) is 4.86. The summed E-state index contributed by atoms with van der Waals surface area (Å²) in [6.45, 7) is 1.41. The molecule has 1 heterocycles. The number of hydrogen-bond donors (Lipinski definition) is 1. The van der Waals surface area contributed by atoms with E-state index in [1.807, 2.05) is 42.5 Å². The Bertz CT molecular complexity index is 1110. The predicted molar refractivity (Wildman–Crippen MR) is 111 cm³/mol. The van der Waals surface area contributed by atoms with E-state index in [9.17, 15) is 14.4 Å². The Hall–Kier alpha value is -3.67. The van der Waals surface area contributed by atoms with Gasteiger partial charge in [0.1, 0.15) is 6.54 Å². The van der Waals surface area contributed by atoms with E-state index in [0.29, 0.717) is 11.4 Å². The van der Waals surface area contributed by atoms with Crippen molar-refractivity contribution in [3.05, 3.63) is 72.3 Å². The van der Waals surface area contributed by atoms with Crippen molar-refractivity contribution in [3.8, 4) is 0 Å². The van der Waals surface area contributed by atoms with Gasteiger partial charge in [-0.15, -0.1) is 0 Å². The van der Waals surface area contributed by atoms with Gasteiger partial charge in [0, 0.05) is 0 Å². The molecule has 0 saturated carbocycles. The fourth-order valence-electron chi connectivity index (χ4n) is 3.45. The second kappa shape index (κ2) is 7.75. The maximum atomic E-state index is 12.8. The molecule has 0 fully saturated rings. The van der Waals surface area contributed by atoms with E-state index in [-0.39, 0.29) is 18.9 Å². The average molecular weight is 388 g/mol. The highest BCUT2D eigenvalue weighted by atomic mass is 16.5. The largest absolute Gasteiger partial charge is 0.452 e. The number of carbonyl (C=O) groups excluding carboxylic acids is 3. The highest BCUT2D eigenvalue weighted by Gasteiger charge is 2.31. The quantitative estimate of drug-likeness (QED) is 0.696. The Kier molecular flexibility index (Phi) is 4.99. The number of anilines is 2. The Labute approximate surface area is 168 Å². The molecule has 0 bridgehead atoms. The van der Waals surface area contributed by atoms with Crippen LogP contribution in [-0.2, 0) is 25.5 Å². The molecular weight excluding hydrogens is 368 g/mol. The van der Waals surface area contributed by atoms with Crippen molar-refractivity contribution in [1.29, 1.82) is 0 Å². The van der Waals surface area contributed by atoms with Gasteiger partial charge in [-0.3, -0.25) is 19.3 Å². The van der Waals surface area contributed by atoms with Crippen LogP contribution in [0.15, 0.2) is 66.7 Å². The van der Waals surface area contributed by atoms with Crippen molar-refractivity contribution in [1.82, 2.24) is 0 Å². The highest BCUT2D eigenvalue weighted by molar-refractivity contribution is 6.11. The molecule has 0 radical (unpaired) electrons. The number of carbonyl (C=O) groups is 3. The minimum atomic E-state index is -0.998. The van der Waals surface area contributed by atoms with Gasteiger partial charge in [0.25, 0.3) is 5.91 Å². The first-order valence-electron chi connectivity index (χ1n) is 9.39. The second-order valence-corrected chi connectivity index (χ2v) is 6.98. The van der Waals surface area contributed by atoms with E-state index in [2.05, 4.69) is 5.32 Å². The number of esters is 1. The Morgan fingerprint density at radius 3 is 2.59 bits per heavy atom. The molecular formula is C23H20N2O4. The summed E-state index contributed by atoms with van der Waals surface area (Å²) in [5.74, 6) is -1.21. The molecule has 1 aliphatic rings. The first kappa shape index (κ1) is 18.7. The predicted octanol–water partition coefficient (Wildman–Crippen LogP) is 3.30. The molecule has 0 aromatic heterocycles. The Morgan fingerprint density at radius 1 is 1.03 bits per heavy atom. The van der Waals surface area contributed by atoms with E-state index in [1.165, 1.54) is 11.8 Å². The summed E-state index contributed by atoms with van der Waals surface area (Å²) >= 11 is 0. The molecule has 29 heavy (non-hydrogen) atoms. The lowest BCUT2D eigenvalue weighted by Gasteiger charge is -2.30. The lowest BCUT2D eigenvalue weighted by molar-refractivity contribution is -0.153.